The third kappa shape index (κ3) is 1.01. The molecule has 0 N–H and O–H groups in total. The van der Waals surface area contributed by atoms with Gasteiger partial charge in [0, 0.05) is 11.8 Å². The maximum absolute atomic E-state index is 12.3. The lowest BCUT2D eigenvalue weighted by Gasteiger charge is -2.47. The van der Waals surface area contributed by atoms with Crippen molar-refractivity contribution in [3.05, 3.63) is 24.8 Å². The molecule has 3 aliphatic rings. The SMILES string of the molecule is C=C[C@@H]1C[C@@H]2C=CCCC(=O)C23CCC13. The van der Waals surface area contributed by atoms with Gasteiger partial charge in [0.15, 0.2) is 0 Å². The highest BCUT2D eigenvalue weighted by molar-refractivity contribution is 5.87. The number of carbonyl (C=O) groups excluding carboxylic acids is 1. The summed E-state index contributed by atoms with van der Waals surface area (Å²) in [6.07, 6.45) is 11.9. The molecule has 1 nitrogen and oxygen atoms in total. The molecule has 80 valence electrons. The summed E-state index contributed by atoms with van der Waals surface area (Å²) < 4.78 is 0. The van der Waals surface area contributed by atoms with Crippen molar-refractivity contribution in [2.75, 3.05) is 0 Å². The van der Waals surface area contributed by atoms with Crippen molar-refractivity contribution in [3.8, 4) is 0 Å². The summed E-state index contributed by atoms with van der Waals surface area (Å²) in [6, 6.07) is 0. The Balaban J connectivity index is 2.01. The van der Waals surface area contributed by atoms with Gasteiger partial charge in [-0.05, 0) is 43.4 Å². The number of hydrogen-bond donors (Lipinski definition) is 0. The molecule has 0 bridgehead atoms. The van der Waals surface area contributed by atoms with E-state index in [1.807, 2.05) is 0 Å². The number of Topliss-reactive ketones (excluding diaryl/α,β-unsaturated/α-hetero) is 1. The first kappa shape index (κ1) is 9.38. The molecular formula is C14H18O. The van der Waals surface area contributed by atoms with E-state index in [1.165, 1.54) is 6.42 Å². The Kier molecular flexibility index (Phi) is 1.92. The quantitative estimate of drug-likeness (QED) is 0.597. The number of carbonyl (C=O) groups is 1. The zero-order valence-corrected chi connectivity index (χ0v) is 9.11. The van der Waals surface area contributed by atoms with Gasteiger partial charge in [-0.1, -0.05) is 18.2 Å². The predicted molar refractivity (Wildman–Crippen MR) is 60.3 cm³/mol. The Morgan fingerprint density at radius 1 is 1.53 bits per heavy atom. The molecule has 0 aromatic heterocycles. The maximum Gasteiger partial charge on any atom is 0.140 e. The van der Waals surface area contributed by atoms with Crippen LogP contribution in [0.2, 0.25) is 0 Å². The fourth-order valence-corrected chi connectivity index (χ4v) is 4.12. The third-order valence-electron chi connectivity index (χ3n) is 4.96. The minimum atomic E-state index is 0.0475. The van der Waals surface area contributed by atoms with Crippen LogP contribution in [0.25, 0.3) is 0 Å². The van der Waals surface area contributed by atoms with Crippen LogP contribution in [0.4, 0.5) is 0 Å². The zero-order valence-electron chi connectivity index (χ0n) is 9.11. The van der Waals surface area contributed by atoms with Crippen molar-refractivity contribution >= 4 is 5.78 Å². The molecule has 0 aliphatic heterocycles. The molecule has 2 unspecified atom stereocenters. The lowest BCUT2D eigenvalue weighted by Crippen LogP contribution is -2.47. The van der Waals surface area contributed by atoms with Gasteiger partial charge in [0.05, 0.1) is 0 Å². The largest absolute Gasteiger partial charge is 0.299 e. The van der Waals surface area contributed by atoms with Crippen molar-refractivity contribution in [3.63, 3.8) is 0 Å². The van der Waals surface area contributed by atoms with Crippen LogP contribution >= 0.6 is 0 Å². The van der Waals surface area contributed by atoms with E-state index >= 15 is 0 Å². The van der Waals surface area contributed by atoms with Crippen molar-refractivity contribution < 1.29 is 4.79 Å². The van der Waals surface area contributed by atoms with E-state index in [1.54, 1.807) is 0 Å². The molecule has 1 heteroatoms. The predicted octanol–water partition coefficient (Wildman–Crippen LogP) is 3.12. The number of ketones is 1. The fourth-order valence-electron chi connectivity index (χ4n) is 4.12. The fraction of sp³-hybridized carbons (Fsp3) is 0.643. The second-order valence-corrected chi connectivity index (χ2v) is 5.32. The maximum atomic E-state index is 12.3. The van der Waals surface area contributed by atoms with Crippen molar-refractivity contribution in [1.29, 1.82) is 0 Å². The van der Waals surface area contributed by atoms with Crippen LogP contribution in [0.3, 0.4) is 0 Å². The average molecular weight is 202 g/mol. The van der Waals surface area contributed by atoms with E-state index in [0.29, 0.717) is 23.5 Å². The summed E-state index contributed by atoms with van der Waals surface area (Å²) in [4.78, 5) is 12.3. The van der Waals surface area contributed by atoms with Crippen LogP contribution in [-0.2, 0) is 4.79 Å². The van der Waals surface area contributed by atoms with Gasteiger partial charge >= 0.3 is 0 Å². The Bertz CT molecular complexity index is 341. The van der Waals surface area contributed by atoms with Gasteiger partial charge in [-0.2, -0.15) is 0 Å². The minimum Gasteiger partial charge on any atom is -0.299 e. The second kappa shape index (κ2) is 3.07. The van der Waals surface area contributed by atoms with Crippen molar-refractivity contribution in [2.45, 2.75) is 32.1 Å². The summed E-state index contributed by atoms with van der Waals surface area (Å²) >= 11 is 0. The molecule has 0 aromatic carbocycles. The van der Waals surface area contributed by atoms with E-state index in [0.717, 1.165) is 25.7 Å². The molecule has 15 heavy (non-hydrogen) atoms. The third-order valence-corrected chi connectivity index (χ3v) is 4.96. The molecule has 0 heterocycles. The molecule has 3 rings (SSSR count). The topological polar surface area (TPSA) is 17.1 Å². The Hall–Kier alpha value is -0.850. The first-order valence-corrected chi connectivity index (χ1v) is 6.11. The van der Waals surface area contributed by atoms with Gasteiger partial charge < -0.3 is 0 Å². The zero-order chi connectivity index (χ0) is 10.5. The molecule has 1 spiro atoms. The number of allylic oxidation sites excluding steroid dienone is 3. The van der Waals surface area contributed by atoms with Crippen LogP contribution in [0.15, 0.2) is 24.8 Å². The van der Waals surface area contributed by atoms with Gasteiger partial charge in [-0.3, -0.25) is 4.79 Å². The Morgan fingerprint density at radius 2 is 2.40 bits per heavy atom. The average Bonchev–Trinajstić information content (AvgIpc) is 2.33. The van der Waals surface area contributed by atoms with Crippen LogP contribution in [0, 0.1) is 23.2 Å². The van der Waals surface area contributed by atoms with E-state index in [-0.39, 0.29) is 5.41 Å². The smallest absolute Gasteiger partial charge is 0.140 e. The molecular weight excluding hydrogens is 184 g/mol. The first-order valence-electron chi connectivity index (χ1n) is 6.11. The summed E-state index contributed by atoms with van der Waals surface area (Å²) in [5.41, 5.74) is 0.0475. The van der Waals surface area contributed by atoms with Crippen LogP contribution in [-0.4, -0.2) is 5.78 Å². The van der Waals surface area contributed by atoms with E-state index < -0.39 is 0 Å². The highest BCUT2D eigenvalue weighted by Crippen LogP contribution is 2.65. The molecule has 3 aliphatic carbocycles. The highest BCUT2D eigenvalue weighted by atomic mass is 16.1. The summed E-state index contributed by atoms with van der Waals surface area (Å²) in [7, 11) is 0. The molecule has 0 saturated heterocycles. The highest BCUT2D eigenvalue weighted by Gasteiger charge is 2.62. The monoisotopic (exact) mass is 202 g/mol. The van der Waals surface area contributed by atoms with Gasteiger partial charge in [0.25, 0.3) is 0 Å². The molecule has 2 fully saturated rings. The van der Waals surface area contributed by atoms with E-state index in [2.05, 4.69) is 24.8 Å². The van der Waals surface area contributed by atoms with Gasteiger partial charge in [-0.25, -0.2) is 0 Å². The summed E-state index contributed by atoms with van der Waals surface area (Å²) in [5, 5.41) is 0. The number of rotatable bonds is 1. The molecule has 0 aromatic rings. The summed E-state index contributed by atoms with van der Waals surface area (Å²) in [6.45, 7) is 3.93. The lowest BCUT2D eigenvalue weighted by molar-refractivity contribution is -0.140. The molecule has 4 atom stereocenters. The van der Waals surface area contributed by atoms with E-state index in [4.69, 9.17) is 0 Å². The van der Waals surface area contributed by atoms with Gasteiger partial charge in [0.2, 0.25) is 0 Å². The molecule has 0 amide bonds. The molecule has 2 saturated carbocycles. The lowest BCUT2D eigenvalue weighted by atomic mass is 9.55. The van der Waals surface area contributed by atoms with Crippen LogP contribution in [0.1, 0.15) is 32.1 Å². The Morgan fingerprint density at radius 3 is 3.07 bits per heavy atom. The van der Waals surface area contributed by atoms with Gasteiger partial charge in [-0.15, -0.1) is 6.58 Å². The Labute approximate surface area is 91.2 Å². The summed E-state index contributed by atoms with van der Waals surface area (Å²) in [5.74, 6) is 2.28. The van der Waals surface area contributed by atoms with Gasteiger partial charge in [0.1, 0.15) is 5.78 Å². The standard InChI is InChI=1S/C14H18O/c1-2-10-9-11-5-3-4-6-13(15)14(11)8-7-12(10)14/h2-3,5,10-12H,1,4,6-9H2/t10-,11+,12?,14?/m1/s1. The first-order chi connectivity index (χ1) is 7.29. The number of hydrogen-bond acceptors (Lipinski definition) is 1. The van der Waals surface area contributed by atoms with Crippen LogP contribution < -0.4 is 0 Å². The van der Waals surface area contributed by atoms with Crippen molar-refractivity contribution in [1.82, 2.24) is 0 Å². The van der Waals surface area contributed by atoms with Crippen LogP contribution in [0.5, 0.6) is 0 Å². The van der Waals surface area contributed by atoms with E-state index in [9.17, 15) is 4.79 Å². The second-order valence-electron chi connectivity index (χ2n) is 5.32. The normalized spacial score (nSPS) is 47.7. The molecule has 0 radical (unpaired) electrons. The van der Waals surface area contributed by atoms with Crippen molar-refractivity contribution in [2.24, 2.45) is 23.2 Å². The minimum absolute atomic E-state index is 0.0475.